The third-order valence-electron chi connectivity index (χ3n) is 2.75. The van der Waals surface area contributed by atoms with Crippen molar-refractivity contribution in [2.75, 3.05) is 0 Å². The molecule has 1 nitrogen and oxygen atoms in total. The zero-order valence-electron chi connectivity index (χ0n) is 11.9. The Hall–Kier alpha value is -1.83. The zero-order valence-corrected chi connectivity index (χ0v) is 11.9. The predicted molar refractivity (Wildman–Crippen MR) is 85.5 cm³/mol. The summed E-state index contributed by atoms with van der Waals surface area (Å²) in [5, 5.41) is 2.58. The van der Waals surface area contributed by atoms with Crippen molar-refractivity contribution in [3.05, 3.63) is 54.1 Å². The molecule has 0 unspecified atom stereocenters. The van der Waals surface area contributed by atoms with Crippen LogP contribution in [0.1, 0.15) is 31.4 Å². The second-order valence-corrected chi connectivity index (χ2v) is 4.37. The monoisotopic (exact) mass is 251 g/mol. The number of carbonyl (C=O) groups excluding carboxylic acids is 1. The van der Waals surface area contributed by atoms with E-state index in [0.29, 0.717) is 6.42 Å². The standard InChI is InChI=1S/C13H12.C4H8O.B/c1-3-11-5-7-12-8-10(2)4-6-13(12)9-11;1-3-4(2)5;/h3-9H,1H2,2H3;3H2,1-2H3;. The highest BCUT2D eigenvalue weighted by Gasteiger charge is 1.93. The lowest BCUT2D eigenvalue weighted by Crippen LogP contribution is -1.80. The van der Waals surface area contributed by atoms with Crippen LogP contribution in [0.2, 0.25) is 0 Å². The van der Waals surface area contributed by atoms with Crippen LogP contribution in [0.3, 0.4) is 0 Å². The fraction of sp³-hybridized carbons (Fsp3) is 0.235. The van der Waals surface area contributed by atoms with Crippen LogP contribution in [0, 0.1) is 6.92 Å². The molecule has 0 saturated heterocycles. The van der Waals surface area contributed by atoms with E-state index in [1.54, 1.807) is 6.92 Å². The molecule has 19 heavy (non-hydrogen) atoms. The van der Waals surface area contributed by atoms with E-state index in [1.807, 2.05) is 13.0 Å². The fourth-order valence-corrected chi connectivity index (χ4v) is 1.51. The zero-order chi connectivity index (χ0) is 13.5. The maximum absolute atomic E-state index is 9.81. The summed E-state index contributed by atoms with van der Waals surface area (Å²) in [4.78, 5) is 9.81. The van der Waals surface area contributed by atoms with Gasteiger partial charge in [-0.05, 0) is 36.2 Å². The number of ketones is 1. The molecule has 0 amide bonds. The Morgan fingerprint density at radius 1 is 1.16 bits per heavy atom. The maximum Gasteiger partial charge on any atom is 0.129 e. The second-order valence-electron chi connectivity index (χ2n) is 4.37. The van der Waals surface area contributed by atoms with Gasteiger partial charge in [-0.1, -0.05) is 55.5 Å². The second kappa shape index (κ2) is 8.31. The molecular weight excluding hydrogens is 231 g/mol. The smallest absolute Gasteiger partial charge is 0.129 e. The van der Waals surface area contributed by atoms with Crippen molar-refractivity contribution in [1.82, 2.24) is 0 Å². The van der Waals surface area contributed by atoms with Gasteiger partial charge in [-0.25, -0.2) is 0 Å². The highest BCUT2D eigenvalue weighted by Crippen LogP contribution is 2.17. The van der Waals surface area contributed by atoms with Crippen molar-refractivity contribution >= 4 is 31.0 Å². The molecule has 0 spiro atoms. The third-order valence-corrected chi connectivity index (χ3v) is 2.75. The minimum absolute atomic E-state index is 0. The highest BCUT2D eigenvalue weighted by molar-refractivity contribution is 5.85. The van der Waals surface area contributed by atoms with Crippen LogP contribution >= 0.6 is 0 Å². The largest absolute Gasteiger partial charge is 0.300 e. The Kier molecular flexibility index (Phi) is 7.51. The number of hydrogen-bond acceptors (Lipinski definition) is 1. The van der Waals surface area contributed by atoms with E-state index in [4.69, 9.17) is 0 Å². The van der Waals surface area contributed by atoms with Gasteiger partial charge in [0.1, 0.15) is 5.78 Å². The number of benzene rings is 2. The van der Waals surface area contributed by atoms with Gasteiger partial charge in [-0.15, -0.1) is 0 Å². The molecule has 0 saturated carbocycles. The quantitative estimate of drug-likeness (QED) is 0.723. The summed E-state index contributed by atoms with van der Waals surface area (Å²) < 4.78 is 0. The summed E-state index contributed by atoms with van der Waals surface area (Å²) in [6, 6.07) is 12.9. The van der Waals surface area contributed by atoms with Crippen LogP contribution < -0.4 is 0 Å². The van der Waals surface area contributed by atoms with Gasteiger partial charge in [-0.3, -0.25) is 0 Å². The number of Topliss-reactive ketones (excluding diaryl/α,β-unsaturated/α-hetero) is 1. The number of carbonyl (C=O) groups is 1. The molecule has 0 N–H and O–H groups in total. The van der Waals surface area contributed by atoms with E-state index in [2.05, 4.69) is 49.9 Å². The molecular formula is C17H20BO. The molecule has 0 bridgehead atoms. The SMILES string of the molecule is C=Cc1ccc2cc(C)ccc2c1.CCC(C)=O.[B]. The van der Waals surface area contributed by atoms with Crippen LogP contribution in [-0.2, 0) is 4.79 Å². The summed E-state index contributed by atoms with van der Waals surface area (Å²) >= 11 is 0. The Bertz CT molecular complexity index is 558. The average molecular weight is 251 g/mol. The first-order valence-electron chi connectivity index (χ1n) is 6.19. The van der Waals surface area contributed by atoms with Gasteiger partial charge < -0.3 is 4.79 Å². The van der Waals surface area contributed by atoms with Gasteiger partial charge >= 0.3 is 0 Å². The minimum Gasteiger partial charge on any atom is -0.300 e. The molecule has 0 fully saturated rings. The highest BCUT2D eigenvalue weighted by atomic mass is 16.1. The van der Waals surface area contributed by atoms with E-state index < -0.39 is 0 Å². The van der Waals surface area contributed by atoms with Gasteiger partial charge in [0.25, 0.3) is 0 Å². The molecule has 0 atom stereocenters. The Balaban J connectivity index is 0.000000471. The van der Waals surface area contributed by atoms with E-state index in [9.17, 15) is 4.79 Å². The summed E-state index contributed by atoms with van der Waals surface area (Å²) in [5.74, 6) is 0.255. The first kappa shape index (κ1) is 17.2. The fourth-order valence-electron chi connectivity index (χ4n) is 1.51. The maximum atomic E-state index is 9.81. The van der Waals surface area contributed by atoms with E-state index >= 15 is 0 Å². The molecule has 97 valence electrons. The van der Waals surface area contributed by atoms with Gasteiger partial charge in [0.05, 0.1) is 0 Å². The number of hydrogen-bond donors (Lipinski definition) is 0. The molecule has 2 aromatic rings. The lowest BCUT2D eigenvalue weighted by atomic mass is 10.1. The molecule has 0 aliphatic carbocycles. The average Bonchev–Trinajstić information content (AvgIpc) is 2.38. The first-order valence-corrected chi connectivity index (χ1v) is 6.19. The molecule has 0 aromatic heterocycles. The van der Waals surface area contributed by atoms with Crippen LogP contribution in [0.25, 0.3) is 16.8 Å². The first-order chi connectivity index (χ1) is 8.56. The number of rotatable bonds is 2. The lowest BCUT2D eigenvalue weighted by Gasteiger charge is -2.00. The third kappa shape index (κ3) is 5.56. The minimum atomic E-state index is 0. The molecule has 3 radical (unpaired) electrons. The molecule has 0 aliphatic heterocycles. The lowest BCUT2D eigenvalue weighted by molar-refractivity contribution is -0.116. The van der Waals surface area contributed by atoms with Crippen LogP contribution in [0.15, 0.2) is 43.0 Å². The van der Waals surface area contributed by atoms with Gasteiger partial charge in [0.15, 0.2) is 0 Å². The molecule has 2 rings (SSSR count). The number of fused-ring (bicyclic) bond motifs is 1. The van der Waals surface area contributed by atoms with E-state index in [1.165, 1.54) is 21.9 Å². The van der Waals surface area contributed by atoms with Gasteiger partial charge in [0.2, 0.25) is 0 Å². The van der Waals surface area contributed by atoms with Crippen molar-refractivity contribution < 1.29 is 4.79 Å². The van der Waals surface area contributed by atoms with E-state index in [0.717, 1.165) is 0 Å². The van der Waals surface area contributed by atoms with E-state index in [-0.39, 0.29) is 14.2 Å². The van der Waals surface area contributed by atoms with Crippen molar-refractivity contribution in [2.45, 2.75) is 27.2 Å². The van der Waals surface area contributed by atoms with Crippen molar-refractivity contribution in [2.24, 2.45) is 0 Å². The Labute approximate surface area is 117 Å². The Morgan fingerprint density at radius 2 is 1.68 bits per heavy atom. The molecule has 2 heteroatoms. The summed E-state index contributed by atoms with van der Waals surface area (Å²) in [6.45, 7) is 9.30. The number of aryl methyl sites for hydroxylation is 1. The molecule has 0 heterocycles. The normalized spacial score (nSPS) is 9.00. The van der Waals surface area contributed by atoms with Crippen molar-refractivity contribution in [3.63, 3.8) is 0 Å². The van der Waals surface area contributed by atoms with Crippen molar-refractivity contribution in [3.8, 4) is 0 Å². The van der Waals surface area contributed by atoms with Gasteiger partial charge in [0, 0.05) is 14.8 Å². The Morgan fingerprint density at radius 3 is 2.21 bits per heavy atom. The van der Waals surface area contributed by atoms with Crippen molar-refractivity contribution in [1.29, 1.82) is 0 Å². The van der Waals surface area contributed by atoms with Crippen LogP contribution in [0.4, 0.5) is 0 Å². The summed E-state index contributed by atoms with van der Waals surface area (Å²) in [6.07, 6.45) is 2.54. The van der Waals surface area contributed by atoms with Gasteiger partial charge in [-0.2, -0.15) is 0 Å². The van der Waals surface area contributed by atoms with Crippen LogP contribution in [-0.4, -0.2) is 14.2 Å². The predicted octanol–water partition coefficient (Wildman–Crippen LogP) is 4.40. The summed E-state index contributed by atoms with van der Waals surface area (Å²) in [7, 11) is 0. The van der Waals surface area contributed by atoms with Crippen LogP contribution in [0.5, 0.6) is 0 Å². The molecule has 2 aromatic carbocycles. The topological polar surface area (TPSA) is 17.1 Å². The summed E-state index contributed by atoms with van der Waals surface area (Å²) in [5.41, 5.74) is 2.48. The molecule has 0 aliphatic rings.